The van der Waals surface area contributed by atoms with Crippen molar-refractivity contribution in [2.45, 2.75) is 30.7 Å². The molecule has 1 rings (SSSR count). The summed E-state index contributed by atoms with van der Waals surface area (Å²) in [5.74, 6) is -1.37. The van der Waals surface area contributed by atoms with Crippen molar-refractivity contribution in [1.82, 2.24) is 5.32 Å². The third kappa shape index (κ3) is 5.82. The van der Waals surface area contributed by atoms with Gasteiger partial charge in [0.05, 0.1) is 10.7 Å². The van der Waals surface area contributed by atoms with Crippen LogP contribution in [0.2, 0.25) is 0 Å². The molecular weight excluding hydrogens is 296 g/mol. The zero-order valence-electron chi connectivity index (χ0n) is 11.4. The van der Waals surface area contributed by atoms with Crippen LogP contribution in [0.5, 0.6) is 0 Å². The molecule has 1 aromatic carbocycles. The molecule has 1 amide bonds. The molecule has 114 valence electrons. The molecule has 0 aliphatic carbocycles. The van der Waals surface area contributed by atoms with Gasteiger partial charge in [-0.2, -0.15) is 0 Å². The van der Waals surface area contributed by atoms with Gasteiger partial charge in [0.25, 0.3) is 5.69 Å². The quantitative estimate of drug-likeness (QED) is 0.432. The van der Waals surface area contributed by atoms with Crippen LogP contribution in [0.3, 0.4) is 0 Å². The Morgan fingerprint density at radius 3 is 2.48 bits per heavy atom. The first-order valence-corrected chi connectivity index (χ1v) is 7.32. The largest absolute Gasteiger partial charge is 0.480 e. The van der Waals surface area contributed by atoms with Gasteiger partial charge in [0.2, 0.25) is 5.91 Å². The van der Waals surface area contributed by atoms with Crippen LogP contribution in [0, 0.1) is 10.1 Å². The summed E-state index contributed by atoms with van der Waals surface area (Å²) in [5.41, 5.74) is -0.0160. The highest BCUT2D eigenvalue weighted by molar-refractivity contribution is 8.00. The van der Waals surface area contributed by atoms with E-state index in [1.165, 1.54) is 23.9 Å². The van der Waals surface area contributed by atoms with Gasteiger partial charge in [0.15, 0.2) is 0 Å². The van der Waals surface area contributed by atoms with Crippen molar-refractivity contribution in [3.63, 3.8) is 0 Å². The summed E-state index contributed by atoms with van der Waals surface area (Å²) >= 11 is 1.19. The number of hydrogen-bond acceptors (Lipinski definition) is 5. The molecule has 0 aromatic heterocycles. The Bertz CT molecular complexity index is 518. The summed E-state index contributed by atoms with van der Waals surface area (Å²) in [6, 6.07) is 4.95. The average molecular weight is 312 g/mol. The zero-order valence-corrected chi connectivity index (χ0v) is 12.3. The smallest absolute Gasteiger partial charge is 0.326 e. The number of nitro benzene ring substituents is 1. The summed E-state index contributed by atoms with van der Waals surface area (Å²) in [5, 5.41) is 21.9. The molecule has 1 aromatic rings. The Morgan fingerprint density at radius 2 is 2.00 bits per heavy atom. The number of aliphatic carboxylic acids is 1. The van der Waals surface area contributed by atoms with Crippen molar-refractivity contribution in [3.05, 3.63) is 34.4 Å². The summed E-state index contributed by atoms with van der Waals surface area (Å²) in [6.45, 7) is 1.84. The Morgan fingerprint density at radius 1 is 1.38 bits per heavy atom. The van der Waals surface area contributed by atoms with Gasteiger partial charge in [-0.25, -0.2) is 4.79 Å². The highest BCUT2D eigenvalue weighted by Crippen LogP contribution is 2.21. The van der Waals surface area contributed by atoms with Crippen molar-refractivity contribution in [3.8, 4) is 0 Å². The predicted molar refractivity (Wildman–Crippen MR) is 78.3 cm³/mol. The third-order valence-electron chi connectivity index (χ3n) is 2.63. The van der Waals surface area contributed by atoms with Gasteiger partial charge in [-0.1, -0.05) is 13.3 Å². The number of non-ortho nitro benzene ring substituents is 1. The number of carbonyl (C=O) groups is 2. The molecule has 0 bridgehead atoms. The lowest BCUT2D eigenvalue weighted by Crippen LogP contribution is -2.41. The molecule has 21 heavy (non-hydrogen) atoms. The normalized spacial score (nSPS) is 11.7. The van der Waals surface area contributed by atoms with Crippen molar-refractivity contribution in [1.29, 1.82) is 0 Å². The summed E-state index contributed by atoms with van der Waals surface area (Å²) in [4.78, 5) is 33.3. The lowest BCUT2D eigenvalue weighted by Gasteiger charge is -2.13. The number of hydrogen-bond donors (Lipinski definition) is 2. The van der Waals surface area contributed by atoms with Gasteiger partial charge in [0.1, 0.15) is 6.04 Å². The van der Waals surface area contributed by atoms with Crippen molar-refractivity contribution < 1.29 is 19.6 Å². The number of rotatable bonds is 8. The van der Waals surface area contributed by atoms with Crippen LogP contribution in [0.15, 0.2) is 29.2 Å². The Labute approximate surface area is 125 Å². The molecule has 0 spiro atoms. The highest BCUT2D eigenvalue weighted by Gasteiger charge is 2.18. The van der Waals surface area contributed by atoms with E-state index in [1.807, 2.05) is 6.92 Å². The lowest BCUT2D eigenvalue weighted by molar-refractivity contribution is -0.384. The van der Waals surface area contributed by atoms with E-state index < -0.39 is 16.9 Å². The minimum Gasteiger partial charge on any atom is -0.480 e. The number of benzene rings is 1. The first-order chi connectivity index (χ1) is 9.93. The maximum Gasteiger partial charge on any atom is 0.326 e. The molecule has 0 heterocycles. The highest BCUT2D eigenvalue weighted by atomic mass is 32.2. The molecule has 0 saturated heterocycles. The van der Waals surface area contributed by atoms with E-state index in [0.29, 0.717) is 17.7 Å². The van der Waals surface area contributed by atoms with Crippen molar-refractivity contribution >= 4 is 29.3 Å². The van der Waals surface area contributed by atoms with Gasteiger partial charge >= 0.3 is 5.97 Å². The number of amides is 1. The van der Waals surface area contributed by atoms with Gasteiger partial charge in [-0.3, -0.25) is 14.9 Å². The zero-order chi connectivity index (χ0) is 15.8. The number of carboxylic acid groups (broad SMARTS) is 1. The van der Waals surface area contributed by atoms with Crippen LogP contribution in [0.4, 0.5) is 5.69 Å². The molecule has 7 nitrogen and oxygen atoms in total. The predicted octanol–water partition coefficient (Wildman–Crippen LogP) is 2.06. The molecule has 0 fully saturated rings. The van der Waals surface area contributed by atoms with Crippen LogP contribution >= 0.6 is 11.8 Å². The van der Waals surface area contributed by atoms with Gasteiger partial charge in [-0.15, -0.1) is 11.8 Å². The molecule has 0 saturated carbocycles. The van der Waals surface area contributed by atoms with Gasteiger partial charge in [0, 0.05) is 17.0 Å². The fourth-order valence-corrected chi connectivity index (χ4v) is 2.30. The van der Waals surface area contributed by atoms with E-state index in [1.54, 1.807) is 12.1 Å². The number of thioether (sulfide) groups is 1. The second kappa shape index (κ2) is 8.25. The second-order valence-corrected chi connectivity index (χ2v) is 5.34. The fourth-order valence-electron chi connectivity index (χ4n) is 1.60. The molecule has 0 aliphatic rings. The van der Waals surface area contributed by atoms with E-state index >= 15 is 0 Å². The van der Waals surface area contributed by atoms with E-state index in [2.05, 4.69) is 5.32 Å². The number of nitrogens with zero attached hydrogens (tertiary/aromatic N) is 1. The van der Waals surface area contributed by atoms with Crippen LogP contribution in [-0.4, -0.2) is 33.7 Å². The standard InChI is InChI=1S/C13H16N2O5S/c1-2-3-11(13(17)18)14-12(16)8-21-10-6-4-9(5-7-10)15(19)20/h4-7,11H,2-3,8H2,1H3,(H,14,16)(H,17,18). The number of nitro groups is 1. The fraction of sp³-hybridized carbons (Fsp3) is 0.385. The molecule has 0 aliphatic heterocycles. The summed E-state index contributed by atoms with van der Waals surface area (Å²) < 4.78 is 0. The molecule has 2 N–H and O–H groups in total. The first-order valence-electron chi connectivity index (χ1n) is 6.33. The van der Waals surface area contributed by atoms with Crippen LogP contribution in [0.25, 0.3) is 0 Å². The topological polar surface area (TPSA) is 110 Å². The summed E-state index contributed by atoms with van der Waals surface area (Å²) in [7, 11) is 0. The van der Waals surface area contributed by atoms with E-state index in [0.717, 1.165) is 0 Å². The Balaban J connectivity index is 2.48. The third-order valence-corrected chi connectivity index (χ3v) is 3.64. The maximum atomic E-state index is 11.7. The Kier molecular flexibility index (Phi) is 6.67. The van der Waals surface area contributed by atoms with Crippen molar-refractivity contribution in [2.24, 2.45) is 0 Å². The monoisotopic (exact) mass is 312 g/mol. The van der Waals surface area contributed by atoms with E-state index in [9.17, 15) is 19.7 Å². The molecule has 1 atom stereocenters. The molecule has 1 unspecified atom stereocenters. The van der Waals surface area contributed by atoms with Crippen LogP contribution in [0.1, 0.15) is 19.8 Å². The minimum atomic E-state index is -1.05. The number of carboxylic acids is 1. The number of nitrogens with one attached hydrogen (secondary N) is 1. The molecule has 8 heteroatoms. The SMILES string of the molecule is CCCC(NC(=O)CSc1ccc([N+](=O)[O-])cc1)C(=O)O. The lowest BCUT2D eigenvalue weighted by atomic mass is 10.2. The van der Waals surface area contributed by atoms with Gasteiger partial charge < -0.3 is 10.4 Å². The number of carbonyl (C=O) groups excluding carboxylic acids is 1. The maximum absolute atomic E-state index is 11.7. The first kappa shape index (κ1) is 17.0. The average Bonchev–Trinajstić information content (AvgIpc) is 2.45. The summed E-state index contributed by atoms with van der Waals surface area (Å²) in [6.07, 6.45) is 1.04. The van der Waals surface area contributed by atoms with Crippen LogP contribution in [-0.2, 0) is 9.59 Å². The van der Waals surface area contributed by atoms with E-state index in [4.69, 9.17) is 5.11 Å². The van der Waals surface area contributed by atoms with E-state index in [-0.39, 0.29) is 17.3 Å². The molecule has 0 radical (unpaired) electrons. The van der Waals surface area contributed by atoms with Crippen LogP contribution < -0.4 is 5.32 Å². The van der Waals surface area contributed by atoms with Crippen molar-refractivity contribution in [2.75, 3.05) is 5.75 Å². The second-order valence-electron chi connectivity index (χ2n) is 4.29. The molecular formula is C13H16N2O5S. The van der Waals surface area contributed by atoms with Gasteiger partial charge in [-0.05, 0) is 18.6 Å². The minimum absolute atomic E-state index is 0.0160. The Hall–Kier alpha value is -2.09.